The average molecular weight is 353 g/mol. The molecule has 0 atom stereocenters. The van der Waals surface area contributed by atoms with E-state index in [9.17, 15) is 13.2 Å². The fourth-order valence-electron chi connectivity index (χ4n) is 2.41. The van der Waals surface area contributed by atoms with Crippen molar-refractivity contribution in [2.75, 3.05) is 27.2 Å². The first-order valence-corrected chi connectivity index (χ1v) is 8.20. The molecule has 22 heavy (non-hydrogen) atoms. The van der Waals surface area contributed by atoms with Gasteiger partial charge in [0.25, 0.3) is 10.0 Å². The van der Waals surface area contributed by atoms with Gasteiger partial charge >= 0.3 is 5.97 Å². The van der Waals surface area contributed by atoms with E-state index in [4.69, 9.17) is 4.42 Å². The molecule has 0 aromatic carbocycles. The fraction of sp³-hybridized carbons (Fsp3) is 0.615. The van der Waals surface area contributed by atoms with Gasteiger partial charge in [-0.15, -0.1) is 12.4 Å². The van der Waals surface area contributed by atoms with Crippen molar-refractivity contribution in [3.05, 3.63) is 17.4 Å². The summed E-state index contributed by atoms with van der Waals surface area (Å²) in [4.78, 5) is 11.5. The number of hydrogen-bond acceptors (Lipinski definition) is 6. The van der Waals surface area contributed by atoms with Crippen LogP contribution in [0.5, 0.6) is 0 Å². The van der Waals surface area contributed by atoms with Gasteiger partial charge in [-0.25, -0.2) is 13.2 Å². The van der Waals surface area contributed by atoms with Crippen LogP contribution in [0.4, 0.5) is 0 Å². The van der Waals surface area contributed by atoms with Crippen molar-refractivity contribution >= 4 is 28.4 Å². The lowest BCUT2D eigenvalue weighted by atomic mass is 10.1. The normalized spacial score (nSPS) is 17.0. The van der Waals surface area contributed by atoms with Crippen molar-refractivity contribution in [3.8, 4) is 0 Å². The second kappa shape index (κ2) is 7.45. The number of halogens is 1. The number of carbonyl (C=O) groups is 1. The van der Waals surface area contributed by atoms with Gasteiger partial charge in [-0.05, 0) is 26.8 Å². The number of esters is 1. The number of furan rings is 1. The molecule has 7 nitrogen and oxygen atoms in total. The SMILES string of the molecule is CNC1CCN(S(=O)(=O)c2cc(C(=O)OC)c(C)o2)CC1.Cl. The molecule has 126 valence electrons. The van der Waals surface area contributed by atoms with Crippen LogP contribution >= 0.6 is 12.4 Å². The van der Waals surface area contributed by atoms with E-state index in [1.165, 1.54) is 17.5 Å². The number of ether oxygens (including phenoxy) is 1. The fourth-order valence-corrected chi connectivity index (χ4v) is 3.85. The van der Waals surface area contributed by atoms with Crippen molar-refractivity contribution < 1.29 is 22.4 Å². The highest BCUT2D eigenvalue weighted by Crippen LogP contribution is 2.25. The minimum atomic E-state index is -3.71. The number of rotatable bonds is 4. The van der Waals surface area contributed by atoms with E-state index in [1.807, 2.05) is 7.05 Å². The number of nitrogens with one attached hydrogen (secondary N) is 1. The van der Waals surface area contributed by atoms with E-state index < -0.39 is 16.0 Å². The number of aryl methyl sites for hydroxylation is 1. The number of sulfonamides is 1. The lowest BCUT2D eigenvalue weighted by Gasteiger charge is -2.30. The molecule has 1 aromatic heterocycles. The number of hydrogen-bond donors (Lipinski definition) is 1. The first-order valence-electron chi connectivity index (χ1n) is 6.76. The standard InChI is InChI=1S/C13H20N2O5S.ClH/c1-9-11(13(16)19-3)8-12(20-9)21(17,18)15-6-4-10(14-2)5-7-15;/h8,10,14H,4-7H2,1-3H3;1H. The van der Waals surface area contributed by atoms with Crippen LogP contribution in [0, 0.1) is 6.92 Å². The highest BCUT2D eigenvalue weighted by molar-refractivity contribution is 7.89. The largest absolute Gasteiger partial charge is 0.465 e. The predicted molar refractivity (Wildman–Crippen MR) is 82.9 cm³/mol. The van der Waals surface area contributed by atoms with E-state index in [0.29, 0.717) is 19.1 Å². The molecule has 0 aliphatic carbocycles. The van der Waals surface area contributed by atoms with Crippen LogP contribution in [0.15, 0.2) is 15.6 Å². The van der Waals surface area contributed by atoms with Crippen molar-refractivity contribution in [1.29, 1.82) is 0 Å². The number of carbonyl (C=O) groups excluding carboxylic acids is 1. The Labute approximate surface area is 136 Å². The Kier molecular flexibility index (Phi) is 6.42. The summed E-state index contributed by atoms with van der Waals surface area (Å²) in [5, 5.41) is 2.94. The van der Waals surface area contributed by atoms with E-state index in [-0.39, 0.29) is 28.8 Å². The summed E-state index contributed by atoms with van der Waals surface area (Å²) in [7, 11) is -0.596. The Bertz CT molecular complexity index is 620. The first kappa shape index (κ1) is 19.0. The summed E-state index contributed by atoms with van der Waals surface area (Å²) < 4.78 is 36.3. The average Bonchev–Trinajstić information content (AvgIpc) is 2.89. The van der Waals surface area contributed by atoms with Crippen LogP contribution in [-0.2, 0) is 14.8 Å². The van der Waals surface area contributed by atoms with Crippen molar-refractivity contribution in [2.24, 2.45) is 0 Å². The molecule has 2 rings (SSSR count). The molecule has 1 N–H and O–H groups in total. The second-order valence-corrected chi connectivity index (χ2v) is 6.86. The second-order valence-electron chi connectivity index (χ2n) is 4.99. The summed E-state index contributed by atoms with van der Waals surface area (Å²) in [6, 6.07) is 1.57. The highest BCUT2D eigenvalue weighted by atomic mass is 35.5. The summed E-state index contributed by atoms with van der Waals surface area (Å²) >= 11 is 0. The number of nitrogens with zero attached hydrogens (tertiary/aromatic N) is 1. The van der Waals surface area contributed by atoms with E-state index >= 15 is 0 Å². The van der Waals surface area contributed by atoms with Crippen LogP contribution in [0.2, 0.25) is 0 Å². The van der Waals surface area contributed by atoms with Gasteiger partial charge in [0.1, 0.15) is 11.3 Å². The van der Waals surface area contributed by atoms with Crippen molar-refractivity contribution in [3.63, 3.8) is 0 Å². The molecule has 1 saturated heterocycles. The molecule has 1 aliphatic heterocycles. The molecule has 0 saturated carbocycles. The lowest BCUT2D eigenvalue weighted by molar-refractivity contribution is 0.0599. The van der Waals surface area contributed by atoms with E-state index in [0.717, 1.165) is 12.8 Å². The molecule has 0 radical (unpaired) electrons. The number of piperidine rings is 1. The third kappa shape index (κ3) is 3.62. The highest BCUT2D eigenvalue weighted by Gasteiger charge is 2.32. The van der Waals surface area contributed by atoms with Gasteiger partial charge in [0.2, 0.25) is 5.09 Å². The number of methoxy groups -OCH3 is 1. The minimum absolute atomic E-state index is 0. The third-order valence-electron chi connectivity index (χ3n) is 3.76. The van der Waals surface area contributed by atoms with Gasteiger partial charge in [0.05, 0.1) is 7.11 Å². The first-order chi connectivity index (χ1) is 9.90. The van der Waals surface area contributed by atoms with E-state index in [2.05, 4.69) is 10.1 Å². The summed E-state index contributed by atoms with van der Waals surface area (Å²) in [6.45, 7) is 2.40. The minimum Gasteiger partial charge on any atom is -0.465 e. The van der Waals surface area contributed by atoms with Gasteiger partial charge in [-0.2, -0.15) is 4.31 Å². The van der Waals surface area contributed by atoms with Gasteiger partial charge in [-0.1, -0.05) is 0 Å². The molecule has 1 aromatic rings. The molecule has 0 spiro atoms. The van der Waals surface area contributed by atoms with Crippen molar-refractivity contribution in [2.45, 2.75) is 30.9 Å². The monoisotopic (exact) mass is 352 g/mol. The smallest absolute Gasteiger partial charge is 0.341 e. The van der Waals surface area contributed by atoms with Crippen LogP contribution in [0.25, 0.3) is 0 Å². The Morgan fingerprint density at radius 1 is 1.41 bits per heavy atom. The van der Waals surface area contributed by atoms with Gasteiger partial charge < -0.3 is 14.5 Å². The molecule has 0 unspecified atom stereocenters. The van der Waals surface area contributed by atoms with Gasteiger partial charge in [0.15, 0.2) is 0 Å². The molecule has 0 amide bonds. The molecular formula is C13H21ClN2O5S. The Hall–Kier alpha value is -1.09. The molecule has 1 aliphatic rings. The molecule has 9 heteroatoms. The Balaban J connectivity index is 0.00000242. The van der Waals surface area contributed by atoms with Gasteiger partial charge in [-0.3, -0.25) is 0 Å². The molecular weight excluding hydrogens is 332 g/mol. The van der Waals surface area contributed by atoms with Crippen LogP contribution in [-0.4, -0.2) is 52.0 Å². The third-order valence-corrected chi connectivity index (χ3v) is 5.51. The summed E-state index contributed by atoms with van der Waals surface area (Å²) in [6.07, 6.45) is 1.50. The zero-order valence-electron chi connectivity index (χ0n) is 12.8. The predicted octanol–water partition coefficient (Wildman–Crippen LogP) is 1.17. The lowest BCUT2D eigenvalue weighted by Crippen LogP contribution is -2.43. The van der Waals surface area contributed by atoms with Crippen molar-refractivity contribution in [1.82, 2.24) is 9.62 Å². The zero-order valence-corrected chi connectivity index (χ0v) is 14.4. The van der Waals surface area contributed by atoms with Crippen LogP contribution in [0.1, 0.15) is 29.0 Å². The summed E-state index contributed by atoms with van der Waals surface area (Å²) in [5.74, 6) is -0.364. The van der Waals surface area contributed by atoms with Crippen LogP contribution < -0.4 is 5.32 Å². The maximum Gasteiger partial charge on any atom is 0.341 e. The van der Waals surface area contributed by atoms with E-state index in [1.54, 1.807) is 6.92 Å². The quantitative estimate of drug-likeness (QED) is 0.818. The molecule has 1 fully saturated rings. The Morgan fingerprint density at radius 2 is 2.00 bits per heavy atom. The Morgan fingerprint density at radius 3 is 2.50 bits per heavy atom. The molecule has 2 heterocycles. The maximum atomic E-state index is 12.5. The van der Waals surface area contributed by atoms with Crippen LogP contribution in [0.3, 0.4) is 0 Å². The topological polar surface area (TPSA) is 88.9 Å². The molecule has 0 bridgehead atoms. The van der Waals surface area contributed by atoms with Gasteiger partial charge in [0, 0.05) is 25.2 Å². The summed E-state index contributed by atoms with van der Waals surface area (Å²) in [5.41, 5.74) is 0.140. The maximum absolute atomic E-state index is 12.5. The zero-order chi connectivity index (χ0) is 15.6.